The van der Waals surface area contributed by atoms with Crippen LogP contribution in [0.3, 0.4) is 0 Å². The molecule has 3 rings (SSSR count). The Morgan fingerprint density at radius 2 is 2.00 bits per heavy atom. The summed E-state index contributed by atoms with van der Waals surface area (Å²) in [4.78, 5) is 33.0. The number of carbonyl (C=O) groups excluding carboxylic acids is 2. The summed E-state index contributed by atoms with van der Waals surface area (Å²) >= 11 is 1.60. The molecule has 1 N–H and O–H groups in total. The Morgan fingerprint density at radius 3 is 2.73 bits per heavy atom. The molecular formula is C24H32N4O4S. The number of rotatable bonds is 11. The van der Waals surface area contributed by atoms with E-state index in [-0.39, 0.29) is 11.8 Å². The first-order valence-electron chi connectivity index (χ1n) is 11.1. The van der Waals surface area contributed by atoms with Gasteiger partial charge < -0.3 is 19.7 Å². The number of thiazole rings is 1. The zero-order valence-corrected chi connectivity index (χ0v) is 20.1. The maximum Gasteiger partial charge on any atom is 0.246 e. The van der Waals surface area contributed by atoms with Crippen LogP contribution in [0.5, 0.6) is 5.75 Å². The van der Waals surface area contributed by atoms with Crippen molar-refractivity contribution in [3.8, 4) is 5.75 Å². The van der Waals surface area contributed by atoms with Crippen molar-refractivity contribution < 1.29 is 19.1 Å². The third-order valence-electron chi connectivity index (χ3n) is 5.27. The summed E-state index contributed by atoms with van der Waals surface area (Å²) in [5.74, 6) is 0.687. The van der Waals surface area contributed by atoms with Crippen LogP contribution in [0.2, 0.25) is 0 Å². The van der Waals surface area contributed by atoms with Crippen molar-refractivity contribution in [3.63, 3.8) is 0 Å². The van der Waals surface area contributed by atoms with E-state index < -0.39 is 0 Å². The fourth-order valence-corrected chi connectivity index (χ4v) is 4.07. The van der Waals surface area contributed by atoms with Crippen molar-refractivity contribution in [2.24, 2.45) is 0 Å². The van der Waals surface area contributed by atoms with Crippen molar-refractivity contribution in [1.29, 1.82) is 0 Å². The topological polar surface area (TPSA) is 84.0 Å². The highest BCUT2D eigenvalue weighted by atomic mass is 32.1. The maximum atomic E-state index is 12.7. The molecule has 0 unspecified atom stereocenters. The average Bonchev–Trinajstić information content (AvgIpc) is 3.25. The van der Waals surface area contributed by atoms with Gasteiger partial charge in [0.25, 0.3) is 0 Å². The Balaban J connectivity index is 1.44. The second-order valence-electron chi connectivity index (χ2n) is 7.82. The summed E-state index contributed by atoms with van der Waals surface area (Å²) in [6, 6.07) is 7.65. The maximum absolute atomic E-state index is 12.7. The van der Waals surface area contributed by atoms with Gasteiger partial charge in [-0.25, -0.2) is 4.98 Å². The van der Waals surface area contributed by atoms with Gasteiger partial charge in [-0.2, -0.15) is 0 Å². The predicted molar refractivity (Wildman–Crippen MR) is 129 cm³/mol. The van der Waals surface area contributed by atoms with Crippen LogP contribution in [0.1, 0.15) is 22.7 Å². The van der Waals surface area contributed by atoms with Gasteiger partial charge in [0.05, 0.1) is 17.2 Å². The van der Waals surface area contributed by atoms with E-state index in [0.29, 0.717) is 58.2 Å². The summed E-state index contributed by atoms with van der Waals surface area (Å²) < 4.78 is 10.9. The molecule has 1 aliphatic heterocycles. The lowest BCUT2D eigenvalue weighted by atomic mass is 10.2. The summed E-state index contributed by atoms with van der Waals surface area (Å²) in [6.45, 7) is 6.52. The third kappa shape index (κ3) is 8.27. The molecule has 1 saturated heterocycles. The molecule has 1 fully saturated rings. The Bertz CT molecular complexity index is 938. The van der Waals surface area contributed by atoms with Gasteiger partial charge in [-0.15, -0.1) is 11.3 Å². The number of methoxy groups -OCH3 is 1. The molecule has 1 aromatic carbocycles. The monoisotopic (exact) mass is 472 g/mol. The molecule has 0 spiro atoms. The van der Waals surface area contributed by atoms with Crippen LogP contribution in [-0.4, -0.2) is 79.6 Å². The predicted octanol–water partition coefficient (Wildman–Crippen LogP) is 2.34. The van der Waals surface area contributed by atoms with Crippen molar-refractivity contribution in [3.05, 3.63) is 52.0 Å². The first kappa shape index (κ1) is 24.9. The summed E-state index contributed by atoms with van der Waals surface area (Å²) in [5.41, 5.74) is 1.75. The van der Waals surface area contributed by atoms with E-state index in [4.69, 9.17) is 9.47 Å². The highest BCUT2D eigenvalue weighted by molar-refractivity contribution is 7.09. The molecule has 2 aromatic rings. The second kappa shape index (κ2) is 13.1. The molecule has 0 atom stereocenters. The Labute approximate surface area is 199 Å². The average molecular weight is 473 g/mol. The summed E-state index contributed by atoms with van der Waals surface area (Å²) in [7, 11) is 1.65. The van der Waals surface area contributed by atoms with Crippen molar-refractivity contribution >= 4 is 29.2 Å². The minimum absolute atomic E-state index is 0.00944. The fraction of sp³-hybridized carbons (Fsp3) is 0.458. The Morgan fingerprint density at radius 1 is 1.21 bits per heavy atom. The van der Waals surface area contributed by atoms with Gasteiger partial charge in [0.15, 0.2) is 0 Å². The largest absolute Gasteiger partial charge is 0.487 e. The van der Waals surface area contributed by atoms with Crippen LogP contribution in [0, 0.1) is 6.92 Å². The van der Waals surface area contributed by atoms with Gasteiger partial charge in [0.1, 0.15) is 12.4 Å². The lowest BCUT2D eigenvalue weighted by molar-refractivity contribution is -0.128. The number of hydrogen-bond donors (Lipinski definition) is 1. The highest BCUT2D eigenvalue weighted by Gasteiger charge is 2.21. The number of amides is 2. The minimum atomic E-state index is -0.0383. The molecule has 33 heavy (non-hydrogen) atoms. The van der Waals surface area contributed by atoms with Gasteiger partial charge in [-0.3, -0.25) is 14.5 Å². The van der Waals surface area contributed by atoms with Crippen LogP contribution in [0.4, 0.5) is 0 Å². The lowest BCUT2D eigenvalue weighted by Gasteiger charge is -2.33. The number of nitrogens with one attached hydrogen (secondary N) is 1. The molecule has 178 valence electrons. The van der Waals surface area contributed by atoms with Crippen molar-refractivity contribution in [2.45, 2.75) is 20.0 Å². The third-order valence-corrected chi connectivity index (χ3v) is 6.09. The number of nitrogens with zero attached hydrogens (tertiary/aromatic N) is 3. The Kier molecular flexibility index (Phi) is 9.86. The number of ether oxygens (including phenoxy) is 2. The molecule has 0 aliphatic carbocycles. The van der Waals surface area contributed by atoms with E-state index in [1.54, 1.807) is 30.6 Å². The van der Waals surface area contributed by atoms with Crippen LogP contribution < -0.4 is 10.1 Å². The molecule has 2 amide bonds. The highest BCUT2D eigenvalue weighted by Crippen LogP contribution is 2.21. The van der Waals surface area contributed by atoms with E-state index in [0.717, 1.165) is 22.7 Å². The SMILES string of the molecule is COCCCNC(=O)CN1CCN(C(=O)/C=C/c2ccccc2OCc2csc(C)n2)CC1. The molecule has 9 heteroatoms. The van der Waals surface area contributed by atoms with Crippen molar-refractivity contribution in [2.75, 3.05) is 53.0 Å². The first-order valence-corrected chi connectivity index (χ1v) is 12.0. The zero-order valence-electron chi connectivity index (χ0n) is 19.3. The number of carbonyl (C=O) groups is 2. The molecule has 0 bridgehead atoms. The molecule has 8 nitrogen and oxygen atoms in total. The van der Waals surface area contributed by atoms with E-state index >= 15 is 0 Å². The van der Waals surface area contributed by atoms with Gasteiger partial charge in [0.2, 0.25) is 11.8 Å². The minimum Gasteiger partial charge on any atom is -0.487 e. The lowest BCUT2D eigenvalue weighted by Crippen LogP contribution is -2.50. The second-order valence-corrected chi connectivity index (χ2v) is 8.88. The summed E-state index contributed by atoms with van der Waals surface area (Å²) in [6.07, 6.45) is 4.19. The van der Waals surface area contributed by atoms with Gasteiger partial charge in [-0.1, -0.05) is 18.2 Å². The number of benzene rings is 1. The van der Waals surface area contributed by atoms with E-state index in [9.17, 15) is 9.59 Å². The van der Waals surface area contributed by atoms with Gasteiger partial charge >= 0.3 is 0 Å². The Hall–Kier alpha value is -2.75. The number of hydrogen-bond acceptors (Lipinski definition) is 7. The quantitative estimate of drug-likeness (QED) is 0.399. The number of aromatic nitrogens is 1. The first-order chi connectivity index (χ1) is 16.0. The van der Waals surface area contributed by atoms with E-state index in [1.807, 2.05) is 41.5 Å². The number of aryl methyl sites for hydroxylation is 1. The van der Waals surface area contributed by atoms with E-state index in [2.05, 4.69) is 15.2 Å². The molecule has 0 saturated carbocycles. The molecule has 2 heterocycles. The molecule has 1 aliphatic rings. The standard InChI is InChI=1S/C24H32N4O4S/c1-19-26-21(18-33-19)17-32-22-7-4-3-6-20(22)8-9-24(30)28-13-11-27(12-14-28)16-23(29)25-10-5-15-31-2/h3-4,6-9,18H,5,10-17H2,1-2H3,(H,25,29)/b9-8+. The number of piperazine rings is 1. The van der Waals surface area contributed by atoms with Crippen LogP contribution in [0.25, 0.3) is 6.08 Å². The van der Waals surface area contributed by atoms with E-state index in [1.165, 1.54) is 0 Å². The molecule has 0 radical (unpaired) electrons. The molecule has 1 aromatic heterocycles. The van der Waals surface area contributed by atoms with Gasteiger partial charge in [0, 0.05) is 63.5 Å². The normalized spacial score (nSPS) is 14.5. The molecular weight excluding hydrogens is 440 g/mol. The van der Waals surface area contributed by atoms with Crippen LogP contribution in [0.15, 0.2) is 35.7 Å². The van der Waals surface area contributed by atoms with Gasteiger partial charge in [-0.05, 0) is 25.5 Å². The number of para-hydroxylation sites is 1. The van der Waals surface area contributed by atoms with Crippen molar-refractivity contribution in [1.82, 2.24) is 20.1 Å². The fourth-order valence-electron chi connectivity index (χ4n) is 3.47. The van der Waals surface area contributed by atoms with Crippen LogP contribution >= 0.6 is 11.3 Å². The van der Waals surface area contributed by atoms with Crippen LogP contribution in [-0.2, 0) is 20.9 Å². The zero-order chi connectivity index (χ0) is 23.5. The summed E-state index contributed by atoms with van der Waals surface area (Å²) in [5, 5.41) is 5.89. The smallest absolute Gasteiger partial charge is 0.246 e.